The maximum Gasteiger partial charge on any atom is 0.407 e. The van der Waals surface area contributed by atoms with Crippen LogP contribution in [0.4, 0.5) is 14.9 Å². The quantitative estimate of drug-likeness (QED) is 0.869. The lowest BCUT2D eigenvalue weighted by Crippen LogP contribution is -2.44. The van der Waals surface area contributed by atoms with E-state index in [9.17, 15) is 9.18 Å². The van der Waals surface area contributed by atoms with Gasteiger partial charge in [-0.2, -0.15) is 0 Å². The number of alkyl carbamates (subject to hydrolysis) is 1. The zero-order valence-corrected chi connectivity index (χ0v) is 15.9. The lowest BCUT2D eigenvalue weighted by Gasteiger charge is -2.30. The van der Waals surface area contributed by atoms with Gasteiger partial charge in [-0.1, -0.05) is 6.42 Å². The van der Waals surface area contributed by atoms with E-state index in [1.54, 1.807) is 6.07 Å². The van der Waals surface area contributed by atoms with Gasteiger partial charge in [-0.25, -0.2) is 9.18 Å². The molecule has 0 bridgehead atoms. The minimum absolute atomic E-state index is 0.0647. The Kier molecular flexibility index (Phi) is 6.25. The molecule has 0 saturated heterocycles. The SMILES string of the molecule is CCN(C[C@@H]1CCC[C@H]1NC(=O)OC(C)(C)C)c1cc(C)ncc1F. The summed E-state index contributed by atoms with van der Waals surface area (Å²) in [7, 11) is 0. The number of carbonyl (C=O) groups excluding carboxylic acids is 1. The molecule has 1 aliphatic rings. The summed E-state index contributed by atoms with van der Waals surface area (Å²) < 4.78 is 19.5. The van der Waals surface area contributed by atoms with E-state index in [0.717, 1.165) is 25.0 Å². The van der Waals surface area contributed by atoms with Crippen molar-refractivity contribution in [2.75, 3.05) is 18.0 Å². The van der Waals surface area contributed by atoms with Crippen molar-refractivity contribution >= 4 is 11.8 Å². The third-order valence-electron chi connectivity index (χ3n) is 4.51. The second-order valence-electron chi connectivity index (χ2n) is 7.76. The van der Waals surface area contributed by atoms with Crippen LogP contribution in [0.2, 0.25) is 0 Å². The van der Waals surface area contributed by atoms with Gasteiger partial charge in [0.1, 0.15) is 5.60 Å². The highest BCUT2D eigenvalue weighted by atomic mass is 19.1. The fourth-order valence-electron chi connectivity index (χ4n) is 3.36. The Morgan fingerprint density at radius 3 is 2.80 bits per heavy atom. The number of nitrogens with zero attached hydrogens (tertiary/aromatic N) is 2. The van der Waals surface area contributed by atoms with Crippen LogP contribution in [0.15, 0.2) is 12.3 Å². The molecule has 0 aromatic carbocycles. The molecular formula is C19H30FN3O2. The van der Waals surface area contributed by atoms with Crippen molar-refractivity contribution in [1.29, 1.82) is 0 Å². The molecule has 5 nitrogen and oxygen atoms in total. The van der Waals surface area contributed by atoms with Crippen LogP contribution >= 0.6 is 0 Å². The molecule has 1 aromatic heterocycles. The predicted molar refractivity (Wildman–Crippen MR) is 97.3 cm³/mol. The van der Waals surface area contributed by atoms with Crippen LogP contribution in [0, 0.1) is 18.7 Å². The molecule has 1 heterocycles. The fraction of sp³-hybridized carbons (Fsp3) is 0.684. The number of rotatable bonds is 5. The Morgan fingerprint density at radius 2 is 2.16 bits per heavy atom. The Hall–Kier alpha value is -1.85. The van der Waals surface area contributed by atoms with E-state index in [0.29, 0.717) is 18.8 Å². The average molecular weight is 351 g/mol. The normalized spacial score (nSPS) is 20.4. The highest BCUT2D eigenvalue weighted by Crippen LogP contribution is 2.29. The van der Waals surface area contributed by atoms with Crippen LogP contribution in [0.3, 0.4) is 0 Å². The molecule has 0 unspecified atom stereocenters. The Bertz CT molecular complexity index is 601. The van der Waals surface area contributed by atoms with E-state index >= 15 is 0 Å². The molecule has 25 heavy (non-hydrogen) atoms. The first-order chi connectivity index (χ1) is 11.7. The number of nitrogens with one attached hydrogen (secondary N) is 1. The number of aromatic nitrogens is 1. The second kappa shape index (κ2) is 8.02. The lowest BCUT2D eigenvalue weighted by molar-refractivity contribution is 0.0493. The molecular weight excluding hydrogens is 321 g/mol. The summed E-state index contributed by atoms with van der Waals surface area (Å²) in [5.41, 5.74) is 0.869. The summed E-state index contributed by atoms with van der Waals surface area (Å²) in [4.78, 5) is 18.1. The molecule has 1 aromatic rings. The smallest absolute Gasteiger partial charge is 0.407 e. The van der Waals surface area contributed by atoms with Crippen molar-refractivity contribution in [2.24, 2.45) is 5.92 Å². The minimum atomic E-state index is -0.509. The Morgan fingerprint density at radius 1 is 1.44 bits per heavy atom. The molecule has 1 N–H and O–H groups in total. The van der Waals surface area contributed by atoms with E-state index in [1.165, 1.54) is 6.20 Å². The molecule has 1 aliphatic carbocycles. The number of ether oxygens (including phenoxy) is 1. The van der Waals surface area contributed by atoms with Gasteiger partial charge in [0.05, 0.1) is 11.9 Å². The number of aryl methyl sites for hydroxylation is 1. The minimum Gasteiger partial charge on any atom is -0.444 e. The highest BCUT2D eigenvalue weighted by Gasteiger charge is 2.31. The molecule has 6 heteroatoms. The standard InChI is InChI=1S/C19H30FN3O2/c1-6-23(17-10-13(2)21-11-15(17)20)12-14-8-7-9-16(14)22-18(24)25-19(3,4)5/h10-11,14,16H,6-9,12H2,1-5H3,(H,22,24)/t14-,16+/m0/s1. The molecule has 2 atom stereocenters. The monoisotopic (exact) mass is 351 g/mol. The van der Waals surface area contributed by atoms with Gasteiger partial charge < -0.3 is 15.0 Å². The number of hydrogen-bond acceptors (Lipinski definition) is 4. The van der Waals surface area contributed by atoms with E-state index in [-0.39, 0.29) is 23.9 Å². The lowest BCUT2D eigenvalue weighted by atomic mass is 10.0. The zero-order chi connectivity index (χ0) is 18.6. The fourth-order valence-corrected chi connectivity index (χ4v) is 3.36. The topological polar surface area (TPSA) is 54.5 Å². The average Bonchev–Trinajstić information content (AvgIpc) is 2.92. The largest absolute Gasteiger partial charge is 0.444 e. The maximum absolute atomic E-state index is 14.2. The summed E-state index contributed by atoms with van der Waals surface area (Å²) in [5.74, 6) is -0.0255. The maximum atomic E-state index is 14.2. The third kappa shape index (κ3) is 5.58. The second-order valence-corrected chi connectivity index (χ2v) is 7.76. The van der Waals surface area contributed by atoms with Crippen LogP contribution < -0.4 is 10.2 Å². The van der Waals surface area contributed by atoms with Crippen molar-refractivity contribution in [1.82, 2.24) is 10.3 Å². The number of hydrogen-bond donors (Lipinski definition) is 1. The van der Waals surface area contributed by atoms with Crippen LogP contribution in [-0.4, -0.2) is 35.8 Å². The van der Waals surface area contributed by atoms with E-state index < -0.39 is 5.60 Å². The van der Waals surface area contributed by atoms with Crippen LogP contribution in [-0.2, 0) is 4.74 Å². The molecule has 0 spiro atoms. The summed E-state index contributed by atoms with van der Waals surface area (Å²) in [5, 5.41) is 3.00. The van der Waals surface area contributed by atoms with Gasteiger partial charge in [-0.05, 0) is 59.4 Å². The van der Waals surface area contributed by atoms with E-state index in [2.05, 4.69) is 10.3 Å². The molecule has 140 valence electrons. The number of carbonyl (C=O) groups is 1. The number of halogens is 1. The summed E-state index contributed by atoms with van der Waals surface area (Å²) >= 11 is 0. The first-order valence-electron chi connectivity index (χ1n) is 9.06. The first kappa shape index (κ1) is 19.5. The molecule has 0 radical (unpaired) electrons. The van der Waals surface area contributed by atoms with Gasteiger partial charge in [-0.15, -0.1) is 0 Å². The Labute approximate surface area is 150 Å². The van der Waals surface area contributed by atoms with Crippen molar-refractivity contribution in [3.8, 4) is 0 Å². The van der Waals surface area contributed by atoms with Gasteiger partial charge in [0, 0.05) is 24.8 Å². The van der Waals surface area contributed by atoms with Crippen LogP contribution in [0.1, 0.15) is 52.7 Å². The van der Waals surface area contributed by atoms with Gasteiger partial charge >= 0.3 is 6.09 Å². The van der Waals surface area contributed by atoms with Crippen molar-refractivity contribution in [3.05, 3.63) is 23.8 Å². The molecule has 2 rings (SSSR count). The summed E-state index contributed by atoms with van der Waals surface area (Å²) in [6.45, 7) is 10.8. The van der Waals surface area contributed by atoms with Gasteiger partial charge in [-0.3, -0.25) is 4.98 Å². The molecule has 0 aliphatic heterocycles. The van der Waals surface area contributed by atoms with Crippen molar-refractivity contribution < 1.29 is 13.9 Å². The van der Waals surface area contributed by atoms with Crippen LogP contribution in [0.5, 0.6) is 0 Å². The van der Waals surface area contributed by atoms with E-state index in [1.807, 2.05) is 39.5 Å². The number of pyridine rings is 1. The van der Waals surface area contributed by atoms with Gasteiger partial charge in [0.15, 0.2) is 5.82 Å². The van der Waals surface area contributed by atoms with Crippen molar-refractivity contribution in [2.45, 2.75) is 65.5 Å². The molecule has 1 saturated carbocycles. The molecule has 1 fully saturated rings. The zero-order valence-electron chi connectivity index (χ0n) is 15.9. The number of anilines is 1. The molecule has 1 amide bonds. The van der Waals surface area contributed by atoms with Crippen LogP contribution in [0.25, 0.3) is 0 Å². The Balaban J connectivity index is 2.03. The third-order valence-corrected chi connectivity index (χ3v) is 4.51. The number of amides is 1. The first-order valence-corrected chi connectivity index (χ1v) is 9.06. The van der Waals surface area contributed by atoms with E-state index in [4.69, 9.17) is 4.74 Å². The van der Waals surface area contributed by atoms with Gasteiger partial charge in [0.2, 0.25) is 0 Å². The van der Waals surface area contributed by atoms with Crippen molar-refractivity contribution in [3.63, 3.8) is 0 Å². The summed E-state index contributed by atoms with van der Waals surface area (Å²) in [6.07, 6.45) is 3.90. The van der Waals surface area contributed by atoms with Gasteiger partial charge in [0.25, 0.3) is 0 Å². The highest BCUT2D eigenvalue weighted by molar-refractivity contribution is 5.68. The summed E-state index contributed by atoms with van der Waals surface area (Å²) in [6, 6.07) is 1.85. The predicted octanol–water partition coefficient (Wildman–Crippen LogP) is 4.05.